The predicted octanol–water partition coefficient (Wildman–Crippen LogP) is -0.629. The monoisotopic (exact) mass is 246 g/mol. The second-order valence-corrected chi connectivity index (χ2v) is 7.11. The quantitative estimate of drug-likeness (QED) is 0.719. The molecule has 0 aromatic heterocycles. The van der Waals surface area contributed by atoms with Gasteiger partial charge >= 0.3 is 0 Å². The number of rotatable bonds is 3. The molecule has 1 amide bonds. The second-order valence-electron chi connectivity index (χ2n) is 4.71. The Labute approximate surface area is 95.9 Å². The summed E-state index contributed by atoms with van der Waals surface area (Å²) >= 11 is 0. The Bertz CT molecular complexity index is 376. The molecule has 5 nitrogen and oxygen atoms in total. The van der Waals surface area contributed by atoms with Crippen LogP contribution in [0.3, 0.4) is 0 Å². The summed E-state index contributed by atoms with van der Waals surface area (Å²) in [6.45, 7) is 0.727. The van der Waals surface area contributed by atoms with E-state index in [1.807, 2.05) is 0 Å². The van der Waals surface area contributed by atoms with Gasteiger partial charge in [-0.15, -0.1) is 0 Å². The fraction of sp³-hybridized carbons (Fsp3) is 0.900. The predicted molar refractivity (Wildman–Crippen MR) is 60.6 cm³/mol. The van der Waals surface area contributed by atoms with Gasteiger partial charge in [0.1, 0.15) is 0 Å². The van der Waals surface area contributed by atoms with Gasteiger partial charge in [0.2, 0.25) is 5.91 Å². The highest BCUT2D eigenvalue weighted by atomic mass is 32.2. The lowest BCUT2D eigenvalue weighted by Crippen LogP contribution is -2.51. The van der Waals surface area contributed by atoms with Crippen LogP contribution >= 0.6 is 0 Å². The van der Waals surface area contributed by atoms with Crippen LogP contribution in [0.4, 0.5) is 0 Å². The summed E-state index contributed by atoms with van der Waals surface area (Å²) in [4.78, 5) is 13.5. The molecule has 0 bridgehead atoms. The summed E-state index contributed by atoms with van der Waals surface area (Å²) in [5.41, 5.74) is 5.44. The van der Waals surface area contributed by atoms with Gasteiger partial charge in [-0.2, -0.15) is 0 Å². The van der Waals surface area contributed by atoms with Crippen molar-refractivity contribution in [1.29, 1.82) is 0 Å². The second kappa shape index (κ2) is 4.33. The Balaban J connectivity index is 1.95. The first kappa shape index (κ1) is 11.9. The fourth-order valence-corrected chi connectivity index (χ4v) is 3.51. The van der Waals surface area contributed by atoms with Crippen LogP contribution in [0.15, 0.2) is 0 Å². The number of amides is 1. The van der Waals surface area contributed by atoms with Crippen LogP contribution in [-0.2, 0) is 14.6 Å². The third kappa shape index (κ3) is 2.55. The molecule has 0 radical (unpaired) electrons. The van der Waals surface area contributed by atoms with Gasteiger partial charge in [0.25, 0.3) is 0 Å². The summed E-state index contributed by atoms with van der Waals surface area (Å²) in [5.74, 6) is 0.698. The molecular formula is C10H18N2O3S. The molecule has 2 rings (SSSR count). The highest BCUT2D eigenvalue weighted by molar-refractivity contribution is 7.92. The van der Waals surface area contributed by atoms with Crippen molar-refractivity contribution in [3.05, 3.63) is 0 Å². The zero-order chi connectivity index (χ0) is 11.8. The maximum Gasteiger partial charge on any atom is 0.222 e. The lowest BCUT2D eigenvalue weighted by molar-refractivity contribution is -0.131. The van der Waals surface area contributed by atoms with Gasteiger partial charge < -0.3 is 10.6 Å². The van der Waals surface area contributed by atoms with Crippen molar-refractivity contribution >= 4 is 15.7 Å². The fourth-order valence-electron chi connectivity index (χ4n) is 2.00. The Morgan fingerprint density at radius 1 is 1.38 bits per heavy atom. The van der Waals surface area contributed by atoms with Crippen molar-refractivity contribution in [2.45, 2.75) is 24.5 Å². The summed E-state index contributed by atoms with van der Waals surface area (Å²) < 4.78 is 23.2. The zero-order valence-electron chi connectivity index (χ0n) is 9.26. The van der Waals surface area contributed by atoms with Crippen LogP contribution in [0.25, 0.3) is 0 Å². The summed E-state index contributed by atoms with van der Waals surface area (Å²) in [5, 5.41) is -0.565. The molecule has 2 aliphatic rings. The van der Waals surface area contributed by atoms with E-state index >= 15 is 0 Å². The Morgan fingerprint density at radius 2 is 2.06 bits per heavy atom. The van der Waals surface area contributed by atoms with E-state index in [0.29, 0.717) is 18.9 Å². The third-order valence-corrected chi connectivity index (χ3v) is 5.46. The summed E-state index contributed by atoms with van der Waals surface area (Å²) in [7, 11) is -3.07. The topological polar surface area (TPSA) is 80.5 Å². The van der Waals surface area contributed by atoms with E-state index in [1.165, 1.54) is 0 Å². The number of carbonyl (C=O) groups excluding carboxylic acids is 1. The molecular weight excluding hydrogens is 228 g/mol. The van der Waals surface area contributed by atoms with E-state index in [4.69, 9.17) is 5.73 Å². The van der Waals surface area contributed by atoms with Crippen molar-refractivity contribution in [2.75, 3.05) is 25.4 Å². The number of nitrogens with two attached hydrogens (primary N) is 1. The normalized spacial score (nSPS) is 29.1. The molecule has 1 unspecified atom stereocenters. The molecule has 92 valence electrons. The van der Waals surface area contributed by atoms with Crippen molar-refractivity contribution < 1.29 is 13.2 Å². The lowest BCUT2D eigenvalue weighted by Gasteiger charge is -2.32. The molecule has 6 heteroatoms. The van der Waals surface area contributed by atoms with E-state index in [1.54, 1.807) is 4.90 Å². The minimum absolute atomic E-state index is 0.0608. The van der Waals surface area contributed by atoms with Gasteiger partial charge in [-0.05, 0) is 18.8 Å². The molecule has 1 aliphatic heterocycles. The molecule has 1 saturated carbocycles. The Hall–Kier alpha value is -0.620. The van der Waals surface area contributed by atoms with E-state index in [-0.39, 0.29) is 24.7 Å². The minimum Gasteiger partial charge on any atom is -0.340 e. The maximum absolute atomic E-state index is 11.8. The molecule has 2 N–H and O–H groups in total. The van der Waals surface area contributed by atoms with Crippen LogP contribution in [-0.4, -0.2) is 49.9 Å². The Morgan fingerprint density at radius 3 is 2.62 bits per heavy atom. The average Bonchev–Trinajstić information content (AvgIpc) is 3.01. The van der Waals surface area contributed by atoms with E-state index in [0.717, 1.165) is 12.8 Å². The highest BCUT2D eigenvalue weighted by Crippen LogP contribution is 2.33. The van der Waals surface area contributed by atoms with Crippen LogP contribution in [0.1, 0.15) is 19.3 Å². The molecule has 0 aromatic carbocycles. The van der Waals surface area contributed by atoms with Crippen LogP contribution in [0.2, 0.25) is 0 Å². The van der Waals surface area contributed by atoms with Crippen LogP contribution < -0.4 is 5.73 Å². The lowest BCUT2D eigenvalue weighted by atomic mass is 10.2. The average molecular weight is 246 g/mol. The van der Waals surface area contributed by atoms with E-state index < -0.39 is 15.1 Å². The largest absolute Gasteiger partial charge is 0.340 e. The number of nitrogens with zero attached hydrogens (tertiary/aromatic N) is 1. The number of sulfone groups is 1. The van der Waals surface area contributed by atoms with Gasteiger partial charge in [-0.1, -0.05) is 0 Å². The smallest absolute Gasteiger partial charge is 0.222 e. The SMILES string of the molecule is NCC1CN(C(=O)CC2CC2)CCS1(=O)=O. The molecule has 2 fully saturated rings. The number of hydrogen-bond donors (Lipinski definition) is 1. The first-order chi connectivity index (χ1) is 7.53. The van der Waals surface area contributed by atoms with E-state index in [2.05, 4.69) is 0 Å². The molecule has 0 spiro atoms. The van der Waals surface area contributed by atoms with Gasteiger partial charge in [0, 0.05) is 26.1 Å². The van der Waals surface area contributed by atoms with E-state index in [9.17, 15) is 13.2 Å². The highest BCUT2D eigenvalue weighted by Gasteiger charge is 2.35. The summed E-state index contributed by atoms with van der Waals surface area (Å²) in [6.07, 6.45) is 2.85. The van der Waals surface area contributed by atoms with Crippen molar-refractivity contribution in [3.63, 3.8) is 0 Å². The molecule has 1 saturated heterocycles. The van der Waals surface area contributed by atoms with Gasteiger partial charge in [0.15, 0.2) is 9.84 Å². The van der Waals surface area contributed by atoms with Gasteiger partial charge in [-0.3, -0.25) is 4.79 Å². The standard InChI is InChI=1S/C10H18N2O3S/c11-6-9-7-12(3-4-16(9,14)15)10(13)5-8-1-2-8/h8-9H,1-7,11H2. The van der Waals surface area contributed by atoms with Gasteiger partial charge in [-0.25, -0.2) is 8.42 Å². The number of hydrogen-bond acceptors (Lipinski definition) is 4. The molecule has 1 atom stereocenters. The summed E-state index contributed by atoms with van der Waals surface area (Å²) in [6, 6.07) is 0. The molecule has 1 aliphatic carbocycles. The van der Waals surface area contributed by atoms with Crippen LogP contribution in [0.5, 0.6) is 0 Å². The molecule has 1 heterocycles. The number of carbonyl (C=O) groups is 1. The zero-order valence-corrected chi connectivity index (χ0v) is 10.1. The van der Waals surface area contributed by atoms with Crippen molar-refractivity contribution in [1.82, 2.24) is 4.90 Å². The minimum atomic E-state index is -3.07. The van der Waals surface area contributed by atoms with Crippen LogP contribution in [0, 0.1) is 5.92 Å². The molecule has 16 heavy (non-hydrogen) atoms. The Kier molecular flexibility index (Phi) is 3.21. The maximum atomic E-state index is 11.8. The third-order valence-electron chi connectivity index (χ3n) is 3.35. The van der Waals surface area contributed by atoms with Crippen molar-refractivity contribution in [3.8, 4) is 0 Å². The van der Waals surface area contributed by atoms with Crippen molar-refractivity contribution in [2.24, 2.45) is 11.7 Å². The van der Waals surface area contributed by atoms with Gasteiger partial charge in [0.05, 0.1) is 11.0 Å². The molecule has 0 aromatic rings. The first-order valence-electron chi connectivity index (χ1n) is 5.72. The first-order valence-corrected chi connectivity index (χ1v) is 7.44.